The number of allylic oxidation sites excluding steroid dienone is 1. The van der Waals surface area contributed by atoms with Gasteiger partial charge in [0.05, 0.1) is 18.1 Å². The van der Waals surface area contributed by atoms with E-state index in [-0.39, 0.29) is 6.10 Å². The summed E-state index contributed by atoms with van der Waals surface area (Å²) in [7, 11) is -0.788. The van der Waals surface area contributed by atoms with Crippen LogP contribution in [-0.4, -0.2) is 26.4 Å². The van der Waals surface area contributed by atoms with E-state index in [4.69, 9.17) is 18.2 Å². The van der Waals surface area contributed by atoms with Gasteiger partial charge < -0.3 is 18.2 Å². The van der Waals surface area contributed by atoms with E-state index in [2.05, 4.69) is 0 Å². The van der Waals surface area contributed by atoms with Crippen LogP contribution in [0.5, 0.6) is 0 Å². The van der Waals surface area contributed by atoms with E-state index in [0.29, 0.717) is 11.4 Å². The molecule has 1 aliphatic rings. The molecule has 8 heteroatoms. The Morgan fingerprint density at radius 1 is 1.38 bits per heavy atom. The van der Waals surface area contributed by atoms with E-state index in [1.54, 1.807) is 26.0 Å². The van der Waals surface area contributed by atoms with Crippen LogP contribution in [-0.2, 0) is 18.3 Å². The second-order valence-corrected chi connectivity index (χ2v) is 7.03. The molecule has 0 aliphatic carbocycles. The van der Waals surface area contributed by atoms with E-state index in [1.165, 1.54) is 31.6 Å². The lowest BCUT2D eigenvalue weighted by Gasteiger charge is -2.28. The molecule has 0 aromatic carbocycles. The predicted octanol–water partition coefficient (Wildman–Crippen LogP) is 3.69. The first-order valence-electron chi connectivity index (χ1n) is 6.39. The van der Waals surface area contributed by atoms with Gasteiger partial charge in [0.15, 0.2) is 0 Å². The van der Waals surface area contributed by atoms with Gasteiger partial charge in [-0.25, -0.2) is 9.69 Å². The number of hydrogen-bond donors (Lipinski definition) is 0. The van der Waals surface area contributed by atoms with Crippen molar-refractivity contribution in [3.8, 4) is 0 Å². The largest absolute Gasteiger partial charge is 0.466 e. The molecule has 116 valence electrons. The minimum absolute atomic E-state index is 0.247. The standard InChI is InChI=1S/C13H18NO6P/c1-9(2)20-13(15)14-7-5-11(21(16,17-3)18-4)12-10(14)6-8-19-12/h5-9,11H,1-4H3. The van der Waals surface area contributed by atoms with Crippen molar-refractivity contribution >= 4 is 19.4 Å². The average molecular weight is 315 g/mol. The van der Waals surface area contributed by atoms with Crippen LogP contribution in [0.4, 0.5) is 10.5 Å². The quantitative estimate of drug-likeness (QED) is 0.789. The number of anilines is 1. The fourth-order valence-corrected chi connectivity index (χ4v) is 3.41. The first kappa shape index (κ1) is 15.8. The number of carbonyl (C=O) groups excluding carboxylic acids is 1. The fraction of sp³-hybridized carbons (Fsp3) is 0.462. The third-order valence-corrected chi connectivity index (χ3v) is 5.11. The lowest BCUT2D eigenvalue weighted by Crippen LogP contribution is -2.30. The van der Waals surface area contributed by atoms with Gasteiger partial charge in [0, 0.05) is 26.5 Å². The highest BCUT2D eigenvalue weighted by Crippen LogP contribution is 2.63. The molecule has 1 unspecified atom stereocenters. The molecule has 7 nitrogen and oxygen atoms in total. The number of fused-ring (bicyclic) bond motifs is 1. The Labute approximate surface area is 123 Å². The zero-order chi connectivity index (χ0) is 15.6. The number of amides is 1. The van der Waals surface area contributed by atoms with Gasteiger partial charge in [-0.3, -0.25) is 4.57 Å². The molecular weight excluding hydrogens is 297 g/mol. The van der Waals surface area contributed by atoms with Gasteiger partial charge in [-0.2, -0.15) is 0 Å². The Morgan fingerprint density at radius 2 is 2.05 bits per heavy atom. The highest BCUT2D eigenvalue weighted by molar-refractivity contribution is 7.54. The summed E-state index contributed by atoms with van der Waals surface area (Å²) in [5, 5.41) is 0. The molecule has 1 amide bonds. The first-order chi connectivity index (χ1) is 9.92. The second kappa shape index (κ2) is 6.05. The molecule has 0 radical (unpaired) electrons. The van der Waals surface area contributed by atoms with Crippen molar-refractivity contribution in [1.82, 2.24) is 0 Å². The third kappa shape index (κ3) is 2.90. The molecule has 0 bridgehead atoms. The maximum absolute atomic E-state index is 12.5. The molecule has 1 aromatic rings. The molecule has 1 aliphatic heterocycles. The van der Waals surface area contributed by atoms with Crippen molar-refractivity contribution in [2.75, 3.05) is 19.1 Å². The van der Waals surface area contributed by atoms with Crippen LogP contribution >= 0.6 is 7.60 Å². The van der Waals surface area contributed by atoms with Crippen LogP contribution in [0.2, 0.25) is 0 Å². The third-order valence-electron chi connectivity index (χ3n) is 3.00. The van der Waals surface area contributed by atoms with Crippen molar-refractivity contribution in [3.05, 3.63) is 30.4 Å². The fourth-order valence-electron chi connectivity index (χ4n) is 2.04. The van der Waals surface area contributed by atoms with E-state index < -0.39 is 19.3 Å². The molecule has 0 saturated heterocycles. The predicted molar refractivity (Wildman–Crippen MR) is 76.3 cm³/mol. The maximum atomic E-state index is 12.5. The highest BCUT2D eigenvalue weighted by atomic mass is 31.2. The molecule has 2 heterocycles. The summed E-state index contributed by atoms with van der Waals surface area (Å²) >= 11 is 0. The van der Waals surface area contributed by atoms with Gasteiger partial charge in [0.25, 0.3) is 0 Å². The number of carbonyl (C=O) groups is 1. The van der Waals surface area contributed by atoms with Gasteiger partial charge in [0.1, 0.15) is 11.4 Å². The van der Waals surface area contributed by atoms with Crippen LogP contribution in [0.1, 0.15) is 25.3 Å². The van der Waals surface area contributed by atoms with E-state index in [9.17, 15) is 9.36 Å². The maximum Gasteiger partial charge on any atom is 0.418 e. The molecular formula is C13H18NO6P. The summed E-state index contributed by atoms with van der Waals surface area (Å²) in [5.74, 6) is 0.338. The zero-order valence-corrected chi connectivity index (χ0v) is 13.2. The van der Waals surface area contributed by atoms with Gasteiger partial charge in [-0.05, 0) is 19.9 Å². The molecule has 2 rings (SSSR count). The molecule has 1 aromatic heterocycles. The van der Waals surface area contributed by atoms with Crippen molar-refractivity contribution in [3.63, 3.8) is 0 Å². The van der Waals surface area contributed by atoms with Gasteiger partial charge in [-0.1, -0.05) is 0 Å². The monoisotopic (exact) mass is 315 g/mol. The van der Waals surface area contributed by atoms with Gasteiger partial charge in [-0.15, -0.1) is 0 Å². The lowest BCUT2D eigenvalue weighted by molar-refractivity contribution is 0.124. The topological polar surface area (TPSA) is 78.2 Å². The Morgan fingerprint density at radius 3 is 2.62 bits per heavy atom. The van der Waals surface area contributed by atoms with E-state index in [1.807, 2.05) is 0 Å². The molecule has 0 fully saturated rings. The number of rotatable bonds is 4. The minimum Gasteiger partial charge on any atom is -0.466 e. The van der Waals surface area contributed by atoms with Crippen LogP contribution in [0.25, 0.3) is 0 Å². The van der Waals surface area contributed by atoms with Gasteiger partial charge in [0.2, 0.25) is 0 Å². The molecule has 21 heavy (non-hydrogen) atoms. The van der Waals surface area contributed by atoms with Crippen molar-refractivity contribution in [2.45, 2.75) is 25.6 Å². The van der Waals surface area contributed by atoms with Crippen molar-refractivity contribution < 1.29 is 27.6 Å². The number of nitrogens with zero attached hydrogens (tertiary/aromatic N) is 1. The number of hydrogen-bond acceptors (Lipinski definition) is 6. The highest BCUT2D eigenvalue weighted by Gasteiger charge is 2.41. The summed E-state index contributed by atoms with van der Waals surface area (Å²) in [4.78, 5) is 13.3. The second-order valence-electron chi connectivity index (χ2n) is 4.66. The summed E-state index contributed by atoms with van der Waals surface area (Å²) < 4.78 is 33.1. The number of ether oxygens (including phenoxy) is 1. The normalized spacial score (nSPS) is 18.0. The zero-order valence-electron chi connectivity index (χ0n) is 12.3. The average Bonchev–Trinajstić information content (AvgIpc) is 2.93. The molecule has 0 N–H and O–H groups in total. The van der Waals surface area contributed by atoms with Crippen LogP contribution in [0.15, 0.2) is 29.0 Å². The van der Waals surface area contributed by atoms with Crippen LogP contribution in [0, 0.1) is 0 Å². The summed E-state index contributed by atoms with van der Waals surface area (Å²) in [6, 6.07) is 1.60. The first-order valence-corrected chi connectivity index (χ1v) is 8.01. The number of furan rings is 1. The SMILES string of the molecule is COP(=O)(OC)C1C=CN(C(=O)OC(C)C)c2ccoc21. The molecule has 1 atom stereocenters. The Hall–Kier alpha value is -1.56. The lowest BCUT2D eigenvalue weighted by atomic mass is 10.2. The molecule has 0 spiro atoms. The van der Waals surface area contributed by atoms with Crippen LogP contribution < -0.4 is 4.90 Å². The van der Waals surface area contributed by atoms with Gasteiger partial charge >= 0.3 is 13.7 Å². The Balaban J connectivity index is 2.36. The molecule has 0 saturated carbocycles. The van der Waals surface area contributed by atoms with Crippen LogP contribution in [0.3, 0.4) is 0 Å². The minimum atomic E-state index is -3.40. The summed E-state index contributed by atoms with van der Waals surface area (Å²) in [6.07, 6.45) is 3.66. The smallest absolute Gasteiger partial charge is 0.418 e. The summed E-state index contributed by atoms with van der Waals surface area (Å²) in [6.45, 7) is 3.52. The Bertz CT molecular complexity index is 585. The van der Waals surface area contributed by atoms with E-state index >= 15 is 0 Å². The van der Waals surface area contributed by atoms with E-state index in [0.717, 1.165) is 0 Å². The van der Waals surface area contributed by atoms with Crippen molar-refractivity contribution in [1.29, 1.82) is 0 Å². The summed E-state index contributed by atoms with van der Waals surface area (Å²) in [5.41, 5.74) is -0.247. The van der Waals surface area contributed by atoms with Crippen molar-refractivity contribution in [2.24, 2.45) is 0 Å². The Kier molecular flexibility index (Phi) is 4.56.